The minimum absolute atomic E-state index is 0.0378. The van der Waals surface area contributed by atoms with Crippen molar-refractivity contribution >= 4 is 40.0 Å². The van der Waals surface area contributed by atoms with Gasteiger partial charge in [0.05, 0.1) is 15.6 Å². The van der Waals surface area contributed by atoms with Gasteiger partial charge in [0.2, 0.25) is 0 Å². The molecular weight excluding hydrogens is 311 g/mol. The smallest absolute Gasteiger partial charge is 0.408 e. The van der Waals surface area contributed by atoms with Crippen molar-refractivity contribution in [2.75, 3.05) is 5.32 Å². The Bertz CT molecular complexity index is 854. The number of halogens is 2. The third kappa shape index (κ3) is 2.91. The molecule has 0 fully saturated rings. The third-order valence-corrected chi connectivity index (χ3v) is 3.98. The Morgan fingerprint density at radius 1 is 1.14 bits per heavy atom. The van der Waals surface area contributed by atoms with Gasteiger partial charge >= 0.3 is 5.76 Å². The molecule has 2 aromatic carbocycles. The number of fused-ring (bicyclic) bond motifs is 1. The van der Waals surface area contributed by atoms with Gasteiger partial charge in [-0.25, -0.2) is 4.79 Å². The van der Waals surface area contributed by atoms with Crippen LogP contribution >= 0.6 is 23.2 Å². The standard InChI is InChI=1S/C15H12Cl2N2O2/c1-8(9-2-4-11(16)12(17)6-9)18-10-3-5-14-13(7-10)19-15(20)21-14/h2-8,18H,1H3,(H,19,20). The molecule has 2 N–H and O–H groups in total. The Labute approximate surface area is 130 Å². The zero-order valence-electron chi connectivity index (χ0n) is 11.1. The molecule has 0 saturated heterocycles. The van der Waals surface area contributed by atoms with E-state index in [1.165, 1.54) is 0 Å². The molecular formula is C15H12Cl2N2O2. The van der Waals surface area contributed by atoms with Gasteiger partial charge < -0.3 is 9.73 Å². The van der Waals surface area contributed by atoms with Crippen molar-refractivity contribution < 1.29 is 4.42 Å². The number of oxazole rings is 1. The maximum atomic E-state index is 11.1. The lowest BCUT2D eigenvalue weighted by atomic mass is 10.1. The third-order valence-electron chi connectivity index (χ3n) is 3.25. The minimum atomic E-state index is -0.459. The summed E-state index contributed by atoms with van der Waals surface area (Å²) in [4.78, 5) is 13.8. The first-order chi connectivity index (χ1) is 10.0. The number of rotatable bonds is 3. The van der Waals surface area contributed by atoms with E-state index in [9.17, 15) is 4.79 Å². The second-order valence-electron chi connectivity index (χ2n) is 4.77. The molecule has 21 heavy (non-hydrogen) atoms. The molecule has 0 radical (unpaired) electrons. The van der Waals surface area contributed by atoms with Gasteiger partial charge in [-0.3, -0.25) is 4.98 Å². The summed E-state index contributed by atoms with van der Waals surface area (Å²) in [5.74, 6) is -0.459. The minimum Gasteiger partial charge on any atom is -0.408 e. The number of nitrogens with one attached hydrogen (secondary N) is 2. The van der Waals surface area contributed by atoms with Crippen molar-refractivity contribution in [3.63, 3.8) is 0 Å². The number of anilines is 1. The Morgan fingerprint density at radius 3 is 2.71 bits per heavy atom. The maximum Gasteiger partial charge on any atom is 0.417 e. The van der Waals surface area contributed by atoms with E-state index >= 15 is 0 Å². The predicted molar refractivity (Wildman–Crippen MR) is 85.3 cm³/mol. The van der Waals surface area contributed by atoms with Gasteiger partial charge in [0.1, 0.15) is 0 Å². The van der Waals surface area contributed by atoms with Crippen LogP contribution in [0.4, 0.5) is 5.69 Å². The van der Waals surface area contributed by atoms with E-state index in [0.717, 1.165) is 11.3 Å². The fourth-order valence-corrected chi connectivity index (χ4v) is 2.46. The Hall–Kier alpha value is -1.91. The van der Waals surface area contributed by atoms with Crippen LogP contribution in [-0.2, 0) is 0 Å². The number of benzene rings is 2. The van der Waals surface area contributed by atoms with Crippen LogP contribution in [-0.4, -0.2) is 4.98 Å². The summed E-state index contributed by atoms with van der Waals surface area (Å²) in [6, 6.07) is 11.0. The van der Waals surface area contributed by atoms with Crippen LogP contribution in [0.3, 0.4) is 0 Å². The monoisotopic (exact) mass is 322 g/mol. The largest absolute Gasteiger partial charge is 0.417 e. The van der Waals surface area contributed by atoms with E-state index in [4.69, 9.17) is 27.6 Å². The van der Waals surface area contributed by atoms with Crippen molar-refractivity contribution in [2.24, 2.45) is 0 Å². The molecule has 1 atom stereocenters. The molecule has 0 aliphatic rings. The van der Waals surface area contributed by atoms with Crippen molar-refractivity contribution in [1.82, 2.24) is 4.98 Å². The second-order valence-corrected chi connectivity index (χ2v) is 5.58. The molecule has 4 nitrogen and oxygen atoms in total. The Balaban J connectivity index is 1.86. The molecule has 1 unspecified atom stereocenters. The molecule has 3 aromatic rings. The SMILES string of the molecule is CC(Nc1ccc2oc(=O)[nH]c2c1)c1ccc(Cl)c(Cl)c1. The van der Waals surface area contributed by atoms with Gasteiger partial charge in [0, 0.05) is 11.7 Å². The lowest BCUT2D eigenvalue weighted by molar-refractivity contribution is 0.555. The highest BCUT2D eigenvalue weighted by Crippen LogP contribution is 2.27. The number of aromatic nitrogens is 1. The number of hydrogen-bond donors (Lipinski definition) is 2. The number of aromatic amines is 1. The van der Waals surface area contributed by atoms with Crippen molar-refractivity contribution in [3.8, 4) is 0 Å². The quantitative estimate of drug-likeness (QED) is 0.740. The molecule has 0 spiro atoms. The summed E-state index contributed by atoms with van der Waals surface area (Å²) in [5.41, 5.74) is 3.09. The first-order valence-electron chi connectivity index (χ1n) is 6.37. The molecule has 0 bridgehead atoms. The van der Waals surface area contributed by atoms with E-state index in [1.54, 1.807) is 12.1 Å². The van der Waals surface area contributed by atoms with Crippen LogP contribution in [0.2, 0.25) is 10.0 Å². The normalized spacial score (nSPS) is 12.5. The van der Waals surface area contributed by atoms with Crippen LogP contribution < -0.4 is 11.1 Å². The summed E-state index contributed by atoms with van der Waals surface area (Å²) < 4.78 is 4.97. The van der Waals surface area contributed by atoms with E-state index in [2.05, 4.69) is 10.3 Å². The highest BCUT2D eigenvalue weighted by molar-refractivity contribution is 6.42. The van der Waals surface area contributed by atoms with Gasteiger partial charge in [-0.1, -0.05) is 29.3 Å². The summed E-state index contributed by atoms with van der Waals surface area (Å²) in [6.45, 7) is 2.02. The van der Waals surface area contributed by atoms with Crippen molar-refractivity contribution in [1.29, 1.82) is 0 Å². The van der Waals surface area contributed by atoms with Gasteiger partial charge in [-0.15, -0.1) is 0 Å². The average Bonchev–Trinajstić information content (AvgIpc) is 2.81. The highest BCUT2D eigenvalue weighted by Gasteiger charge is 2.09. The average molecular weight is 323 g/mol. The van der Waals surface area contributed by atoms with Crippen LogP contribution in [0.1, 0.15) is 18.5 Å². The van der Waals surface area contributed by atoms with Crippen molar-refractivity contribution in [3.05, 3.63) is 62.6 Å². The van der Waals surface area contributed by atoms with E-state index in [1.807, 2.05) is 31.2 Å². The molecule has 0 aliphatic carbocycles. The maximum absolute atomic E-state index is 11.1. The molecule has 3 rings (SSSR count). The van der Waals surface area contributed by atoms with Crippen LogP contribution in [0.25, 0.3) is 11.1 Å². The van der Waals surface area contributed by atoms with E-state index < -0.39 is 5.76 Å². The van der Waals surface area contributed by atoms with E-state index in [0.29, 0.717) is 21.1 Å². The molecule has 0 aliphatic heterocycles. The zero-order chi connectivity index (χ0) is 15.0. The Morgan fingerprint density at radius 2 is 1.95 bits per heavy atom. The van der Waals surface area contributed by atoms with Crippen LogP contribution in [0.5, 0.6) is 0 Å². The second kappa shape index (κ2) is 5.47. The lowest BCUT2D eigenvalue weighted by Gasteiger charge is -2.16. The predicted octanol–water partition coefficient (Wildman–Crippen LogP) is 4.60. The zero-order valence-corrected chi connectivity index (χ0v) is 12.6. The number of hydrogen-bond acceptors (Lipinski definition) is 3. The first-order valence-corrected chi connectivity index (χ1v) is 7.13. The van der Waals surface area contributed by atoms with Crippen molar-refractivity contribution in [2.45, 2.75) is 13.0 Å². The highest BCUT2D eigenvalue weighted by atomic mass is 35.5. The fraction of sp³-hybridized carbons (Fsp3) is 0.133. The fourth-order valence-electron chi connectivity index (χ4n) is 2.16. The summed E-state index contributed by atoms with van der Waals surface area (Å²) in [5, 5.41) is 4.40. The topological polar surface area (TPSA) is 58.0 Å². The Kier molecular flexibility index (Phi) is 3.66. The van der Waals surface area contributed by atoms with Crippen LogP contribution in [0.15, 0.2) is 45.6 Å². The van der Waals surface area contributed by atoms with Gasteiger partial charge in [-0.05, 0) is 42.8 Å². The molecule has 108 valence electrons. The number of H-pyrrole nitrogens is 1. The summed E-state index contributed by atoms with van der Waals surface area (Å²) >= 11 is 11.9. The molecule has 0 saturated carbocycles. The summed E-state index contributed by atoms with van der Waals surface area (Å²) in [7, 11) is 0. The van der Waals surface area contributed by atoms with Gasteiger partial charge in [-0.2, -0.15) is 0 Å². The van der Waals surface area contributed by atoms with Crippen LogP contribution in [0, 0.1) is 0 Å². The van der Waals surface area contributed by atoms with Gasteiger partial charge in [0.15, 0.2) is 5.58 Å². The summed E-state index contributed by atoms with van der Waals surface area (Å²) in [6.07, 6.45) is 0. The molecule has 1 aromatic heterocycles. The molecule has 0 amide bonds. The van der Waals surface area contributed by atoms with Gasteiger partial charge in [0.25, 0.3) is 0 Å². The lowest BCUT2D eigenvalue weighted by Crippen LogP contribution is -2.06. The molecule has 1 heterocycles. The first kappa shape index (κ1) is 14.0. The van der Waals surface area contributed by atoms with E-state index in [-0.39, 0.29) is 6.04 Å². The molecule has 6 heteroatoms.